The zero-order valence-corrected chi connectivity index (χ0v) is 11.6. The molecule has 2 aromatic rings. The number of hydrogen-bond acceptors (Lipinski definition) is 6. The Morgan fingerprint density at radius 3 is 2.94 bits per heavy atom. The molecule has 0 saturated carbocycles. The first-order chi connectivity index (χ1) is 8.70. The molecule has 0 bridgehead atoms. The van der Waals surface area contributed by atoms with Crippen molar-refractivity contribution in [1.29, 1.82) is 0 Å². The van der Waals surface area contributed by atoms with Gasteiger partial charge in [-0.25, -0.2) is 15.0 Å². The highest BCUT2D eigenvalue weighted by molar-refractivity contribution is 7.13. The van der Waals surface area contributed by atoms with Gasteiger partial charge in [-0.3, -0.25) is 4.90 Å². The largest absolute Gasteiger partial charge is 0.365 e. The maximum atomic E-state index is 4.48. The van der Waals surface area contributed by atoms with E-state index in [4.69, 9.17) is 0 Å². The van der Waals surface area contributed by atoms with E-state index in [0.29, 0.717) is 0 Å². The van der Waals surface area contributed by atoms with E-state index in [1.165, 1.54) is 0 Å². The molecule has 96 valence electrons. The molecular formula is C12H17N5S. The summed E-state index contributed by atoms with van der Waals surface area (Å²) in [5.41, 5.74) is 2.10. The maximum Gasteiger partial charge on any atom is 0.182 e. The molecule has 1 atom stereocenters. The predicted molar refractivity (Wildman–Crippen MR) is 73.6 cm³/mol. The van der Waals surface area contributed by atoms with E-state index < -0.39 is 0 Å². The van der Waals surface area contributed by atoms with E-state index in [2.05, 4.69) is 44.5 Å². The van der Waals surface area contributed by atoms with Gasteiger partial charge in [-0.2, -0.15) is 0 Å². The number of nitrogens with zero attached hydrogens (tertiary/aromatic N) is 4. The first kappa shape index (κ1) is 12.9. The van der Waals surface area contributed by atoms with Crippen molar-refractivity contribution in [2.75, 3.05) is 19.4 Å². The molecule has 2 aromatic heterocycles. The van der Waals surface area contributed by atoms with Crippen LogP contribution in [0.2, 0.25) is 0 Å². The third-order valence-corrected chi connectivity index (χ3v) is 3.78. The van der Waals surface area contributed by atoms with Crippen molar-refractivity contribution in [1.82, 2.24) is 19.9 Å². The van der Waals surface area contributed by atoms with Crippen molar-refractivity contribution in [3.05, 3.63) is 35.4 Å². The smallest absolute Gasteiger partial charge is 0.182 e. The van der Waals surface area contributed by atoms with Gasteiger partial charge in [-0.1, -0.05) is 0 Å². The SMILES string of the molecule is CNc1nc(CN(C)[C@@H](C)c2ccncn2)cs1. The van der Waals surface area contributed by atoms with Crippen LogP contribution < -0.4 is 5.32 Å². The summed E-state index contributed by atoms with van der Waals surface area (Å²) in [5.74, 6) is 0. The minimum atomic E-state index is 0.243. The molecule has 0 fully saturated rings. The Hall–Kier alpha value is -1.53. The van der Waals surface area contributed by atoms with Crippen molar-refractivity contribution >= 4 is 16.5 Å². The summed E-state index contributed by atoms with van der Waals surface area (Å²) in [4.78, 5) is 14.9. The second kappa shape index (κ2) is 5.88. The highest BCUT2D eigenvalue weighted by Gasteiger charge is 2.14. The van der Waals surface area contributed by atoms with E-state index in [0.717, 1.165) is 23.1 Å². The molecule has 6 heteroatoms. The van der Waals surface area contributed by atoms with Crippen LogP contribution in [0.5, 0.6) is 0 Å². The summed E-state index contributed by atoms with van der Waals surface area (Å²) < 4.78 is 0. The van der Waals surface area contributed by atoms with E-state index in [1.54, 1.807) is 23.9 Å². The summed E-state index contributed by atoms with van der Waals surface area (Å²) in [5, 5.41) is 6.08. The van der Waals surface area contributed by atoms with Crippen molar-refractivity contribution in [3.63, 3.8) is 0 Å². The maximum absolute atomic E-state index is 4.48. The van der Waals surface area contributed by atoms with Crippen molar-refractivity contribution < 1.29 is 0 Å². The van der Waals surface area contributed by atoms with Crippen LogP contribution in [0.4, 0.5) is 5.13 Å². The van der Waals surface area contributed by atoms with Gasteiger partial charge in [0.05, 0.1) is 11.4 Å². The first-order valence-electron chi connectivity index (χ1n) is 5.79. The van der Waals surface area contributed by atoms with E-state index >= 15 is 0 Å². The molecule has 18 heavy (non-hydrogen) atoms. The van der Waals surface area contributed by atoms with Crippen LogP contribution in [0.25, 0.3) is 0 Å². The lowest BCUT2D eigenvalue weighted by Gasteiger charge is -2.23. The number of hydrogen-bond donors (Lipinski definition) is 1. The summed E-state index contributed by atoms with van der Waals surface area (Å²) in [7, 11) is 3.96. The lowest BCUT2D eigenvalue weighted by Crippen LogP contribution is -2.22. The van der Waals surface area contributed by atoms with Gasteiger partial charge in [0.25, 0.3) is 0 Å². The summed E-state index contributed by atoms with van der Waals surface area (Å²) in [6.07, 6.45) is 3.36. The fourth-order valence-corrected chi connectivity index (χ4v) is 2.32. The number of rotatable bonds is 5. The van der Waals surface area contributed by atoms with Gasteiger partial charge >= 0.3 is 0 Å². The number of nitrogens with one attached hydrogen (secondary N) is 1. The molecule has 0 aliphatic heterocycles. The Balaban J connectivity index is 2.01. The standard InChI is InChI=1S/C12H17N5S/c1-9(11-4-5-14-8-15-11)17(3)6-10-7-18-12(13-2)16-10/h4-5,7-9H,6H2,1-3H3,(H,13,16)/t9-/m0/s1. The Labute approximate surface area is 111 Å². The van der Waals surface area contributed by atoms with Crippen LogP contribution in [-0.4, -0.2) is 33.9 Å². The summed E-state index contributed by atoms with van der Waals surface area (Å²) in [6, 6.07) is 2.19. The number of anilines is 1. The third kappa shape index (κ3) is 3.02. The highest BCUT2D eigenvalue weighted by Crippen LogP contribution is 2.20. The Kier molecular flexibility index (Phi) is 4.22. The van der Waals surface area contributed by atoms with Crippen molar-refractivity contribution in [3.8, 4) is 0 Å². The zero-order valence-electron chi connectivity index (χ0n) is 10.8. The van der Waals surface area contributed by atoms with Crippen LogP contribution >= 0.6 is 11.3 Å². The van der Waals surface area contributed by atoms with E-state index in [-0.39, 0.29) is 6.04 Å². The normalized spacial score (nSPS) is 12.7. The molecule has 0 spiro atoms. The lowest BCUT2D eigenvalue weighted by atomic mass is 10.2. The molecule has 2 rings (SSSR count). The van der Waals surface area contributed by atoms with Crippen LogP contribution in [0.15, 0.2) is 24.0 Å². The second-order valence-corrected chi connectivity index (χ2v) is 4.98. The molecule has 0 saturated heterocycles. The van der Waals surface area contributed by atoms with Crippen LogP contribution in [0.1, 0.15) is 24.4 Å². The minimum absolute atomic E-state index is 0.243. The average molecular weight is 263 g/mol. The molecule has 0 aromatic carbocycles. The summed E-state index contributed by atoms with van der Waals surface area (Å²) in [6.45, 7) is 2.94. The van der Waals surface area contributed by atoms with Gasteiger partial charge in [0.1, 0.15) is 6.33 Å². The van der Waals surface area contributed by atoms with Gasteiger partial charge < -0.3 is 5.32 Å². The van der Waals surface area contributed by atoms with Gasteiger partial charge in [0.15, 0.2) is 5.13 Å². The monoisotopic (exact) mass is 263 g/mol. The Morgan fingerprint density at radius 1 is 1.50 bits per heavy atom. The van der Waals surface area contributed by atoms with E-state index in [1.807, 2.05) is 13.1 Å². The first-order valence-corrected chi connectivity index (χ1v) is 6.67. The van der Waals surface area contributed by atoms with Crippen molar-refractivity contribution in [2.45, 2.75) is 19.5 Å². The van der Waals surface area contributed by atoms with E-state index in [9.17, 15) is 0 Å². The average Bonchev–Trinajstić information content (AvgIpc) is 2.86. The number of aromatic nitrogens is 3. The molecule has 0 aliphatic carbocycles. The minimum Gasteiger partial charge on any atom is -0.365 e. The lowest BCUT2D eigenvalue weighted by molar-refractivity contribution is 0.246. The fourth-order valence-electron chi connectivity index (χ4n) is 1.66. The van der Waals surface area contributed by atoms with Gasteiger partial charge in [0.2, 0.25) is 0 Å². The molecule has 0 aliphatic rings. The molecular weight excluding hydrogens is 246 g/mol. The van der Waals surface area contributed by atoms with Gasteiger partial charge in [0, 0.05) is 31.2 Å². The molecule has 5 nitrogen and oxygen atoms in total. The molecule has 1 N–H and O–H groups in total. The topological polar surface area (TPSA) is 53.9 Å². The van der Waals surface area contributed by atoms with Gasteiger partial charge in [-0.15, -0.1) is 11.3 Å². The molecule has 0 amide bonds. The fraction of sp³-hybridized carbons (Fsp3) is 0.417. The van der Waals surface area contributed by atoms with Crippen molar-refractivity contribution in [2.24, 2.45) is 0 Å². The zero-order chi connectivity index (χ0) is 13.0. The van der Waals surface area contributed by atoms with Crippen LogP contribution in [0, 0.1) is 0 Å². The van der Waals surface area contributed by atoms with Gasteiger partial charge in [-0.05, 0) is 20.0 Å². The Bertz CT molecular complexity index is 484. The predicted octanol–water partition coefficient (Wildman–Crippen LogP) is 2.17. The number of thiazole rings is 1. The molecule has 2 heterocycles. The molecule has 0 radical (unpaired) electrons. The summed E-state index contributed by atoms with van der Waals surface area (Å²) >= 11 is 1.62. The third-order valence-electron chi connectivity index (χ3n) is 2.87. The van der Waals surface area contributed by atoms with Crippen LogP contribution in [-0.2, 0) is 6.54 Å². The Morgan fingerprint density at radius 2 is 2.33 bits per heavy atom. The quantitative estimate of drug-likeness (QED) is 0.896. The molecule has 0 unspecified atom stereocenters. The van der Waals surface area contributed by atoms with Crippen LogP contribution in [0.3, 0.4) is 0 Å². The second-order valence-electron chi connectivity index (χ2n) is 4.12. The highest BCUT2D eigenvalue weighted by atomic mass is 32.1.